The fourth-order valence-corrected chi connectivity index (χ4v) is 2.23. The molecule has 0 atom stereocenters. The number of nitrogens with zero attached hydrogens (tertiary/aromatic N) is 1. The summed E-state index contributed by atoms with van der Waals surface area (Å²) in [5.41, 5.74) is 4.03. The first kappa shape index (κ1) is 12.2. The summed E-state index contributed by atoms with van der Waals surface area (Å²) in [6.07, 6.45) is 2.12. The molecule has 0 radical (unpaired) electrons. The van der Waals surface area contributed by atoms with Gasteiger partial charge in [0.2, 0.25) is 0 Å². The Labute approximate surface area is 103 Å². The van der Waals surface area contributed by atoms with Gasteiger partial charge in [-0.1, -0.05) is 26.8 Å². The Bertz CT molecular complexity index is 532. The van der Waals surface area contributed by atoms with Crippen LogP contribution in [0.2, 0.25) is 0 Å². The Morgan fingerprint density at radius 2 is 1.94 bits per heavy atom. The number of aliphatic hydroxyl groups excluding tert-OH is 1. The average Bonchev–Trinajstić information content (AvgIpc) is 2.55. The van der Waals surface area contributed by atoms with Gasteiger partial charge in [-0.05, 0) is 35.6 Å². The van der Waals surface area contributed by atoms with E-state index < -0.39 is 0 Å². The van der Waals surface area contributed by atoms with Gasteiger partial charge in [-0.15, -0.1) is 0 Å². The van der Waals surface area contributed by atoms with Gasteiger partial charge in [0.05, 0.1) is 6.61 Å². The molecule has 0 spiro atoms. The molecule has 0 unspecified atom stereocenters. The number of benzene rings is 1. The minimum absolute atomic E-state index is 0.180. The third-order valence-electron chi connectivity index (χ3n) is 3.29. The van der Waals surface area contributed by atoms with Crippen molar-refractivity contribution in [2.24, 2.45) is 0 Å². The van der Waals surface area contributed by atoms with Crippen LogP contribution in [0.15, 0.2) is 24.4 Å². The summed E-state index contributed by atoms with van der Waals surface area (Å²) < 4.78 is 2.12. The van der Waals surface area contributed by atoms with Crippen LogP contribution in [-0.4, -0.2) is 16.3 Å². The van der Waals surface area contributed by atoms with E-state index in [-0.39, 0.29) is 12.0 Å². The maximum absolute atomic E-state index is 9.05. The number of aryl methyl sites for hydroxylation is 1. The maximum Gasteiger partial charge on any atom is 0.0610 e. The van der Waals surface area contributed by atoms with E-state index in [9.17, 15) is 0 Å². The molecule has 0 fully saturated rings. The number of rotatable bonds is 2. The molecule has 1 N–H and O–H groups in total. The summed E-state index contributed by atoms with van der Waals surface area (Å²) >= 11 is 0. The summed E-state index contributed by atoms with van der Waals surface area (Å²) in [4.78, 5) is 0. The van der Waals surface area contributed by atoms with Gasteiger partial charge in [-0.2, -0.15) is 0 Å². The van der Waals surface area contributed by atoms with E-state index in [1.165, 1.54) is 22.0 Å². The molecule has 0 amide bonds. The topological polar surface area (TPSA) is 25.2 Å². The predicted octanol–water partition coefficient (Wildman–Crippen LogP) is 3.24. The van der Waals surface area contributed by atoms with E-state index >= 15 is 0 Å². The van der Waals surface area contributed by atoms with E-state index in [4.69, 9.17) is 5.11 Å². The Morgan fingerprint density at radius 3 is 2.53 bits per heavy atom. The third-order valence-corrected chi connectivity index (χ3v) is 3.29. The molecule has 92 valence electrons. The van der Waals surface area contributed by atoms with Crippen LogP contribution in [0.25, 0.3) is 10.9 Å². The molecule has 2 aromatic rings. The van der Waals surface area contributed by atoms with Gasteiger partial charge < -0.3 is 9.67 Å². The molecule has 1 aromatic heterocycles. The number of aliphatic hydroxyl groups is 1. The SMILES string of the molecule is Cc1cn(CCO)c2ccc(C(C)(C)C)cc12. The number of fused-ring (bicyclic) bond motifs is 1. The molecule has 0 aliphatic carbocycles. The molecule has 2 heteroatoms. The van der Waals surface area contributed by atoms with Crippen molar-refractivity contribution in [3.8, 4) is 0 Å². The molecule has 0 aliphatic rings. The molecular formula is C15H21NO. The van der Waals surface area contributed by atoms with Gasteiger partial charge in [0.1, 0.15) is 0 Å². The first-order chi connectivity index (χ1) is 7.93. The number of hydrogen-bond acceptors (Lipinski definition) is 1. The number of hydrogen-bond donors (Lipinski definition) is 1. The molecule has 0 aliphatic heterocycles. The van der Waals surface area contributed by atoms with Crippen LogP contribution in [-0.2, 0) is 12.0 Å². The van der Waals surface area contributed by atoms with Crippen LogP contribution in [0.3, 0.4) is 0 Å². The van der Waals surface area contributed by atoms with Crippen molar-refractivity contribution < 1.29 is 5.11 Å². The molecule has 0 saturated carbocycles. The normalized spacial score (nSPS) is 12.3. The van der Waals surface area contributed by atoms with Crippen LogP contribution in [0.4, 0.5) is 0 Å². The third kappa shape index (κ3) is 2.22. The molecular weight excluding hydrogens is 210 g/mol. The van der Waals surface area contributed by atoms with Crippen molar-refractivity contribution in [2.75, 3.05) is 6.61 Å². The van der Waals surface area contributed by atoms with Crippen LogP contribution >= 0.6 is 0 Å². The second-order valence-electron chi connectivity index (χ2n) is 5.71. The molecule has 0 saturated heterocycles. The second kappa shape index (κ2) is 4.19. The fraction of sp³-hybridized carbons (Fsp3) is 0.467. The highest BCUT2D eigenvalue weighted by molar-refractivity contribution is 5.84. The molecule has 2 rings (SSSR count). The lowest BCUT2D eigenvalue weighted by Crippen LogP contribution is -2.10. The van der Waals surface area contributed by atoms with Crippen LogP contribution in [0.5, 0.6) is 0 Å². The minimum Gasteiger partial charge on any atom is -0.395 e. The molecule has 1 aromatic carbocycles. The smallest absolute Gasteiger partial charge is 0.0610 e. The van der Waals surface area contributed by atoms with Crippen molar-refractivity contribution in [3.63, 3.8) is 0 Å². The van der Waals surface area contributed by atoms with Gasteiger partial charge in [-0.25, -0.2) is 0 Å². The van der Waals surface area contributed by atoms with Crippen molar-refractivity contribution in [1.82, 2.24) is 4.57 Å². The van der Waals surface area contributed by atoms with E-state index in [0.29, 0.717) is 6.54 Å². The lowest BCUT2D eigenvalue weighted by molar-refractivity contribution is 0.278. The highest BCUT2D eigenvalue weighted by Crippen LogP contribution is 2.28. The average molecular weight is 231 g/mol. The zero-order valence-corrected chi connectivity index (χ0v) is 11.1. The Morgan fingerprint density at radius 1 is 1.24 bits per heavy atom. The van der Waals surface area contributed by atoms with Gasteiger partial charge in [0, 0.05) is 23.6 Å². The van der Waals surface area contributed by atoms with Crippen molar-refractivity contribution >= 4 is 10.9 Å². The Balaban J connectivity index is 2.59. The van der Waals surface area contributed by atoms with Gasteiger partial charge in [0.15, 0.2) is 0 Å². The predicted molar refractivity (Wildman–Crippen MR) is 72.5 cm³/mol. The van der Waals surface area contributed by atoms with Crippen LogP contribution < -0.4 is 0 Å². The standard InChI is InChI=1S/C15H21NO/c1-11-10-16(7-8-17)14-6-5-12(9-13(11)14)15(2,3)4/h5-6,9-10,17H,7-8H2,1-4H3. The maximum atomic E-state index is 9.05. The van der Waals surface area contributed by atoms with Crippen molar-refractivity contribution in [3.05, 3.63) is 35.5 Å². The monoisotopic (exact) mass is 231 g/mol. The lowest BCUT2D eigenvalue weighted by Gasteiger charge is -2.19. The fourth-order valence-electron chi connectivity index (χ4n) is 2.23. The van der Waals surface area contributed by atoms with Crippen molar-refractivity contribution in [2.45, 2.75) is 39.7 Å². The molecule has 1 heterocycles. The summed E-state index contributed by atoms with van der Waals surface area (Å²) in [7, 11) is 0. The molecule has 0 bridgehead atoms. The first-order valence-corrected chi connectivity index (χ1v) is 6.14. The molecule has 17 heavy (non-hydrogen) atoms. The largest absolute Gasteiger partial charge is 0.395 e. The van der Waals surface area contributed by atoms with Crippen molar-refractivity contribution in [1.29, 1.82) is 0 Å². The quantitative estimate of drug-likeness (QED) is 0.843. The molecule has 2 nitrogen and oxygen atoms in total. The Kier molecular flexibility index (Phi) is 3.00. The zero-order chi connectivity index (χ0) is 12.6. The van der Waals surface area contributed by atoms with Gasteiger partial charge in [-0.3, -0.25) is 0 Å². The number of aromatic nitrogens is 1. The van der Waals surface area contributed by atoms with E-state index in [0.717, 1.165) is 0 Å². The van der Waals surface area contributed by atoms with Gasteiger partial charge >= 0.3 is 0 Å². The lowest BCUT2D eigenvalue weighted by atomic mass is 9.86. The second-order valence-corrected chi connectivity index (χ2v) is 5.71. The summed E-state index contributed by atoms with van der Waals surface area (Å²) in [5.74, 6) is 0. The van der Waals surface area contributed by atoms with E-state index in [1.807, 2.05) is 0 Å². The highest BCUT2D eigenvalue weighted by Gasteiger charge is 2.15. The van der Waals surface area contributed by atoms with E-state index in [2.05, 4.69) is 56.7 Å². The van der Waals surface area contributed by atoms with Gasteiger partial charge in [0.25, 0.3) is 0 Å². The van der Waals surface area contributed by atoms with Crippen LogP contribution in [0.1, 0.15) is 31.9 Å². The summed E-state index contributed by atoms with van der Waals surface area (Å²) in [6, 6.07) is 6.63. The zero-order valence-electron chi connectivity index (χ0n) is 11.1. The minimum atomic E-state index is 0.180. The first-order valence-electron chi connectivity index (χ1n) is 6.14. The Hall–Kier alpha value is -1.28. The van der Waals surface area contributed by atoms with Crippen LogP contribution in [0, 0.1) is 6.92 Å². The summed E-state index contributed by atoms with van der Waals surface area (Å²) in [5, 5.41) is 10.3. The summed E-state index contributed by atoms with van der Waals surface area (Å²) in [6.45, 7) is 9.67. The van der Waals surface area contributed by atoms with E-state index in [1.54, 1.807) is 0 Å². The highest BCUT2D eigenvalue weighted by atomic mass is 16.3.